The molecule has 0 amide bonds. The van der Waals surface area contributed by atoms with E-state index in [1.807, 2.05) is 24.3 Å². The highest BCUT2D eigenvalue weighted by atomic mass is 14.2. The van der Waals surface area contributed by atoms with E-state index in [9.17, 15) is 0 Å². The van der Waals surface area contributed by atoms with Gasteiger partial charge in [0.1, 0.15) is 0 Å². The van der Waals surface area contributed by atoms with E-state index >= 15 is 0 Å². The molecule has 0 aliphatic heterocycles. The molecule has 0 spiro atoms. The zero-order valence-electron chi connectivity index (χ0n) is 9.11. The van der Waals surface area contributed by atoms with Crippen molar-refractivity contribution in [1.82, 2.24) is 0 Å². The minimum absolute atomic E-state index is 0.221. The van der Waals surface area contributed by atoms with Crippen LogP contribution in [0.4, 0.5) is 0 Å². The smallest absolute Gasteiger partial charge is 0.0566 e. The van der Waals surface area contributed by atoms with E-state index in [-0.39, 0.29) is 5.41 Å². The third-order valence-corrected chi connectivity index (χ3v) is 2.53. The Morgan fingerprint density at radius 1 is 1.40 bits per heavy atom. The number of hydrogen-bond donors (Lipinski definition) is 0. The van der Waals surface area contributed by atoms with Crippen LogP contribution in [0.25, 0.3) is 0 Å². The summed E-state index contributed by atoms with van der Waals surface area (Å²) in [5, 5.41) is 0. The molecule has 0 saturated heterocycles. The maximum absolute atomic E-state index is 5.61. The summed E-state index contributed by atoms with van der Waals surface area (Å²) in [5.41, 5.74) is 0.960. The van der Waals surface area contributed by atoms with Gasteiger partial charge in [-0.25, -0.2) is 0 Å². The first-order chi connectivity index (χ1) is 7.23. The molecule has 1 aromatic carbocycles. The van der Waals surface area contributed by atoms with E-state index in [2.05, 4.69) is 37.6 Å². The lowest BCUT2D eigenvalue weighted by Gasteiger charge is -2.22. The predicted molar refractivity (Wildman–Crippen MR) is 66.6 cm³/mol. The van der Waals surface area contributed by atoms with Crippen molar-refractivity contribution >= 4 is 0 Å². The highest BCUT2D eigenvalue weighted by molar-refractivity contribution is 5.34. The van der Waals surface area contributed by atoms with Gasteiger partial charge in [-0.1, -0.05) is 61.1 Å². The summed E-state index contributed by atoms with van der Waals surface area (Å²) in [6.07, 6.45) is 12.2. The van der Waals surface area contributed by atoms with Gasteiger partial charge >= 0.3 is 0 Å². The monoisotopic (exact) mass is 196 g/mol. The first-order valence-electron chi connectivity index (χ1n) is 5.04. The molecule has 0 saturated carbocycles. The summed E-state index contributed by atoms with van der Waals surface area (Å²) in [6.45, 7) is 5.72. The zero-order valence-corrected chi connectivity index (χ0v) is 9.11. The van der Waals surface area contributed by atoms with E-state index in [0.717, 1.165) is 6.42 Å². The van der Waals surface area contributed by atoms with Crippen LogP contribution in [-0.2, 0) is 5.41 Å². The van der Waals surface area contributed by atoms with Gasteiger partial charge in [0.15, 0.2) is 0 Å². The minimum atomic E-state index is -0.221. The first-order valence-corrected chi connectivity index (χ1v) is 5.04. The van der Waals surface area contributed by atoms with Gasteiger partial charge in [-0.2, -0.15) is 0 Å². The molecule has 1 atom stereocenters. The molecule has 0 radical (unpaired) electrons. The summed E-state index contributed by atoms with van der Waals surface area (Å²) < 4.78 is 0. The summed E-state index contributed by atoms with van der Waals surface area (Å²) in [7, 11) is 0. The molecule has 0 unspecified atom stereocenters. The summed E-state index contributed by atoms with van der Waals surface area (Å²) >= 11 is 0. The molecule has 0 N–H and O–H groups in total. The van der Waals surface area contributed by atoms with Crippen LogP contribution in [0.5, 0.6) is 0 Å². The average Bonchev–Trinajstić information content (AvgIpc) is 2.30. The van der Waals surface area contributed by atoms with Crippen LogP contribution >= 0.6 is 0 Å². The van der Waals surface area contributed by atoms with Crippen molar-refractivity contribution in [1.29, 1.82) is 0 Å². The molecule has 15 heavy (non-hydrogen) atoms. The molecule has 0 bridgehead atoms. The molecule has 0 fully saturated rings. The Labute approximate surface area is 92.3 Å². The van der Waals surface area contributed by atoms with E-state index in [4.69, 9.17) is 6.42 Å². The van der Waals surface area contributed by atoms with Crippen molar-refractivity contribution in [2.75, 3.05) is 0 Å². The third kappa shape index (κ3) is 2.86. The predicted octanol–water partition coefficient (Wildman–Crippen LogP) is 3.71. The highest BCUT2D eigenvalue weighted by Crippen LogP contribution is 2.26. The topological polar surface area (TPSA) is 0 Å². The molecule has 0 heteroatoms. The van der Waals surface area contributed by atoms with E-state index in [1.54, 1.807) is 6.08 Å². The second kappa shape index (κ2) is 5.22. The van der Waals surface area contributed by atoms with Gasteiger partial charge in [-0.3, -0.25) is 0 Å². The van der Waals surface area contributed by atoms with Gasteiger partial charge in [0.2, 0.25) is 0 Å². The van der Waals surface area contributed by atoms with E-state index in [1.165, 1.54) is 5.56 Å². The Hall–Kier alpha value is -1.74. The lowest BCUT2D eigenvalue weighted by Crippen LogP contribution is -2.18. The van der Waals surface area contributed by atoms with Crippen LogP contribution < -0.4 is 0 Å². The number of allylic oxidation sites excluding steroid dienone is 3. The molecule has 0 aromatic heterocycles. The van der Waals surface area contributed by atoms with Gasteiger partial charge in [-0.15, -0.1) is 6.42 Å². The number of terminal acetylenes is 1. The van der Waals surface area contributed by atoms with Crippen LogP contribution in [0.15, 0.2) is 55.1 Å². The van der Waals surface area contributed by atoms with Crippen molar-refractivity contribution < 1.29 is 0 Å². The fourth-order valence-electron chi connectivity index (χ4n) is 1.47. The Kier molecular flexibility index (Phi) is 3.94. The van der Waals surface area contributed by atoms with Gasteiger partial charge in [0.25, 0.3) is 0 Å². The molecule has 0 nitrogen and oxygen atoms in total. The SMILES string of the molecule is C#C[C@](C)(C/C=C/C=C)c1ccccc1. The number of rotatable bonds is 4. The Balaban J connectivity index is 2.91. The van der Waals surface area contributed by atoms with Gasteiger partial charge in [0.05, 0.1) is 5.41 Å². The molecular formula is C15H16. The largest absolute Gasteiger partial charge is 0.119 e. The van der Waals surface area contributed by atoms with Crippen LogP contribution in [0.3, 0.4) is 0 Å². The van der Waals surface area contributed by atoms with Crippen molar-refractivity contribution in [2.45, 2.75) is 18.8 Å². The van der Waals surface area contributed by atoms with Crippen LogP contribution in [0.2, 0.25) is 0 Å². The minimum Gasteiger partial charge on any atom is -0.119 e. The quantitative estimate of drug-likeness (QED) is 0.508. The third-order valence-electron chi connectivity index (χ3n) is 2.53. The normalized spacial score (nSPS) is 14.4. The van der Waals surface area contributed by atoms with E-state index < -0.39 is 0 Å². The Morgan fingerprint density at radius 3 is 2.60 bits per heavy atom. The summed E-state index contributed by atoms with van der Waals surface area (Å²) in [6, 6.07) is 10.2. The van der Waals surface area contributed by atoms with Crippen molar-refractivity contribution in [3.05, 3.63) is 60.7 Å². The van der Waals surface area contributed by atoms with Gasteiger partial charge in [-0.05, 0) is 18.9 Å². The van der Waals surface area contributed by atoms with Gasteiger partial charge in [0, 0.05) is 0 Å². The van der Waals surface area contributed by atoms with Crippen molar-refractivity contribution in [2.24, 2.45) is 0 Å². The Morgan fingerprint density at radius 2 is 2.07 bits per heavy atom. The lowest BCUT2D eigenvalue weighted by atomic mass is 9.80. The number of benzene rings is 1. The molecular weight excluding hydrogens is 180 g/mol. The maximum atomic E-state index is 5.61. The maximum Gasteiger partial charge on any atom is 0.0566 e. The average molecular weight is 196 g/mol. The fraction of sp³-hybridized carbons (Fsp3) is 0.200. The van der Waals surface area contributed by atoms with Crippen LogP contribution in [-0.4, -0.2) is 0 Å². The van der Waals surface area contributed by atoms with E-state index in [0.29, 0.717) is 0 Å². The van der Waals surface area contributed by atoms with Crippen molar-refractivity contribution in [3.63, 3.8) is 0 Å². The summed E-state index contributed by atoms with van der Waals surface area (Å²) in [4.78, 5) is 0. The molecule has 0 aliphatic carbocycles. The fourth-order valence-corrected chi connectivity index (χ4v) is 1.47. The standard InChI is InChI=1S/C15H16/c1-4-6-10-13-15(3,5-2)14-11-8-7-9-12-14/h2,4,6-12H,1,13H2,3H3/b10-6+/t15-/m1/s1. The summed E-state index contributed by atoms with van der Waals surface area (Å²) in [5.74, 6) is 2.87. The molecule has 0 aliphatic rings. The van der Waals surface area contributed by atoms with Crippen LogP contribution in [0.1, 0.15) is 18.9 Å². The first kappa shape index (κ1) is 11.3. The second-order valence-electron chi connectivity index (χ2n) is 3.71. The van der Waals surface area contributed by atoms with Crippen LogP contribution in [0, 0.1) is 12.3 Å². The van der Waals surface area contributed by atoms with Crippen molar-refractivity contribution in [3.8, 4) is 12.3 Å². The number of hydrogen-bond acceptors (Lipinski definition) is 0. The Bertz CT molecular complexity index is 378. The molecule has 1 rings (SSSR count). The second-order valence-corrected chi connectivity index (χ2v) is 3.71. The molecule has 1 aromatic rings. The molecule has 76 valence electrons. The molecule has 0 heterocycles. The zero-order chi connectivity index (χ0) is 11.1. The van der Waals surface area contributed by atoms with Gasteiger partial charge < -0.3 is 0 Å². The lowest BCUT2D eigenvalue weighted by molar-refractivity contribution is 0.631. The highest BCUT2D eigenvalue weighted by Gasteiger charge is 2.21.